The Morgan fingerprint density at radius 2 is 1.68 bits per heavy atom. The van der Waals surface area contributed by atoms with Gasteiger partial charge in [0.2, 0.25) is 26.6 Å². The van der Waals surface area contributed by atoms with Crippen molar-refractivity contribution in [2.75, 3.05) is 44.4 Å². The first-order valence-corrected chi connectivity index (χ1v) is 11.6. The summed E-state index contributed by atoms with van der Waals surface area (Å²) in [7, 11) is -3.98. The molecule has 9 heteroatoms. The van der Waals surface area contributed by atoms with Gasteiger partial charge in [0.05, 0.1) is 18.1 Å². The highest BCUT2D eigenvalue weighted by atomic mass is 32.2. The van der Waals surface area contributed by atoms with Crippen molar-refractivity contribution in [3.63, 3.8) is 0 Å². The molecule has 5 rings (SSSR count). The minimum absolute atomic E-state index is 0.0795. The van der Waals surface area contributed by atoms with Gasteiger partial charge < -0.3 is 23.5 Å². The van der Waals surface area contributed by atoms with Gasteiger partial charge in [-0.05, 0) is 30.7 Å². The van der Waals surface area contributed by atoms with Gasteiger partial charge in [0.25, 0.3) is 0 Å². The second kappa shape index (κ2) is 7.90. The molecule has 0 atom stereocenters. The van der Waals surface area contributed by atoms with Gasteiger partial charge in [-0.2, -0.15) is 4.98 Å². The normalized spacial score (nSPS) is 16.4. The van der Waals surface area contributed by atoms with Crippen LogP contribution in [0.1, 0.15) is 5.56 Å². The lowest BCUT2D eigenvalue weighted by molar-refractivity contribution is 0.120. The number of nitrogens with zero attached hydrogens (tertiary/aromatic N) is 2. The average Bonchev–Trinajstić information content (AvgIpc) is 3.26. The molecular weight excluding hydrogens is 420 g/mol. The van der Waals surface area contributed by atoms with E-state index in [1.165, 1.54) is 12.1 Å². The molecule has 8 nitrogen and oxygen atoms in total. The molecule has 0 unspecified atom stereocenters. The Hall–Kier alpha value is -3.04. The molecule has 2 aliphatic rings. The second-order valence-corrected chi connectivity index (χ2v) is 9.22. The number of sulfone groups is 1. The molecule has 3 aromatic rings. The van der Waals surface area contributed by atoms with Crippen LogP contribution in [0.5, 0.6) is 11.5 Å². The molecule has 1 saturated heterocycles. The van der Waals surface area contributed by atoms with E-state index in [0.29, 0.717) is 51.0 Å². The molecule has 1 aromatic heterocycles. The molecule has 0 bridgehead atoms. The van der Waals surface area contributed by atoms with Crippen LogP contribution >= 0.6 is 0 Å². The van der Waals surface area contributed by atoms with Crippen LogP contribution < -0.4 is 14.4 Å². The van der Waals surface area contributed by atoms with Crippen LogP contribution in [0.25, 0.3) is 11.5 Å². The Labute approximate surface area is 180 Å². The summed E-state index contributed by atoms with van der Waals surface area (Å²) in [5.41, 5.74) is 1.70. The predicted molar refractivity (Wildman–Crippen MR) is 113 cm³/mol. The second-order valence-electron chi connectivity index (χ2n) is 7.35. The number of morpholine rings is 1. The Morgan fingerprint density at radius 1 is 0.935 bits per heavy atom. The van der Waals surface area contributed by atoms with Crippen LogP contribution in [0.3, 0.4) is 0 Å². The van der Waals surface area contributed by atoms with E-state index in [-0.39, 0.29) is 21.7 Å². The van der Waals surface area contributed by atoms with E-state index in [1.807, 2.05) is 36.1 Å². The van der Waals surface area contributed by atoms with Crippen molar-refractivity contribution in [2.24, 2.45) is 0 Å². The van der Waals surface area contributed by atoms with E-state index < -0.39 is 9.84 Å². The molecule has 0 spiro atoms. The number of hydrogen-bond acceptors (Lipinski definition) is 8. The number of oxazole rings is 1. The molecule has 2 aliphatic heterocycles. The number of rotatable bonds is 4. The molecule has 31 heavy (non-hydrogen) atoms. The SMILES string of the molecule is Cc1ccccc1-c1nc(S(=O)(=O)c2ccc3c(c2)OCCO3)c(N2CCOCC2)o1. The molecule has 2 aromatic carbocycles. The van der Waals surface area contributed by atoms with Gasteiger partial charge in [0.15, 0.2) is 11.5 Å². The Morgan fingerprint density at radius 3 is 2.45 bits per heavy atom. The summed E-state index contributed by atoms with van der Waals surface area (Å²) in [6, 6.07) is 12.2. The molecule has 3 heterocycles. The topological polar surface area (TPSA) is 91.1 Å². The fourth-order valence-corrected chi connectivity index (χ4v) is 5.01. The van der Waals surface area contributed by atoms with Gasteiger partial charge in [-0.25, -0.2) is 8.42 Å². The van der Waals surface area contributed by atoms with Crippen LogP contribution in [0.15, 0.2) is 56.8 Å². The van der Waals surface area contributed by atoms with Crippen LogP contribution in [0.4, 0.5) is 5.88 Å². The van der Waals surface area contributed by atoms with E-state index in [0.717, 1.165) is 11.1 Å². The summed E-state index contributed by atoms with van der Waals surface area (Å²) >= 11 is 0. The monoisotopic (exact) mass is 442 g/mol. The number of aromatic nitrogens is 1. The standard InChI is InChI=1S/C22H22N2O6S/c1-15-4-2-3-5-17(15)20-23-21(22(30-20)24-8-10-27-11-9-24)31(25,26)16-6-7-18-19(14-16)29-13-12-28-18/h2-7,14H,8-13H2,1H3. The first kappa shape index (κ1) is 19.9. The van der Waals surface area contributed by atoms with E-state index >= 15 is 0 Å². The number of aryl methyl sites for hydroxylation is 1. The summed E-state index contributed by atoms with van der Waals surface area (Å²) in [6.07, 6.45) is 0. The minimum Gasteiger partial charge on any atom is -0.486 e. The Balaban J connectivity index is 1.63. The zero-order valence-corrected chi connectivity index (χ0v) is 17.9. The van der Waals surface area contributed by atoms with Gasteiger partial charge in [-0.15, -0.1) is 0 Å². The first-order valence-electron chi connectivity index (χ1n) is 10.1. The number of anilines is 1. The molecular formula is C22H22N2O6S. The van der Waals surface area contributed by atoms with Gasteiger partial charge in [-0.3, -0.25) is 0 Å². The van der Waals surface area contributed by atoms with Crippen LogP contribution in [0.2, 0.25) is 0 Å². The lowest BCUT2D eigenvalue weighted by Crippen LogP contribution is -2.36. The van der Waals surface area contributed by atoms with Gasteiger partial charge >= 0.3 is 0 Å². The lowest BCUT2D eigenvalue weighted by atomic mass is 10.1. The molecule has 0 aliphatic carbocycles. The summed E-state index contributed by atoms with van der Waals surface area (Å²) in [5.74, 6) is 1.44. The molecule has 0 amide bonds. The van der Waals surface area contributed by atoms with Gasteiger partial charge in [0.1, 0.15) is 13.2 Å². The van der Waals surface area contributed by atoms with Crippen molar-refractivity contribution in [3.05, 3.63) is 48.0 Å². The van der Waals surface area contributed by atoms with Crippen molar-refractivity contribution in [3.8, 4) is 23.0 Å². The zero-order chi connectivity index (χ0) is 21.4. The lowest BCUT2D eigenvalue weighted by Gasteiger charge is -2.26. The number of fused-ring (bicyclic) bond motifs is 1. The molecule has 0 N–H and O–H groups in total. The first-order chi connectivity index (χ1) is 15.0. The highest BCUT2D eigenvalue weighted by Crippen LogP contribution is 2.38. The number of ether oxygens (including phenoxy) is 3. The third kappa shape index (κ3) is 3.64. The van der Waals surface area contributed by atoms with E-state index in [9.17, 15) is 8.42 Å². The Kier molecular flexibility index (Phi) is 5.07. The van der Waals surface area contributed by atoms with E-state index in [2.05, 4.69) is 4.98 Å². The summed E-state index contributed by atoms with van der Waals surface area (Å²) < 4.78 is 49.8. The highest BCUT2D eigenvalue weighted by Gasteiger charge is 2.33. The van der Waals surface area contributed by atoms with E-state index in [1.54, 1.807) is 6.07 Å². The van der Waals surface area contributed by atoms with Crippen molar-refractivity contribution in [1.82, 2.24) is 4.98 Å². The van der Waals surface area contributed by atoms with Gasteiger partial charge in [-0.1, -0.05) is 18.2 Å². The van der Waals surface area contributed by atoms with E-state index in [4.69, 9.17) is 18.6 Å². The van der Waals surface area contributed by atoms with Crippen LogP contribution in [-0.2, 0) is 14.6 Å². The summed E-state index contributed by atoms with van der Waals surface area (Å²) in [5, 5.41) is -0.107. The van der Waals surface area contributed by atoms with Crippen LogP contribution in [-0.4, -0.2) is 52.9 Å². The average molecular weight is 442 g/mol. The van der Waals surface area contributed by atoms with Crippen LogP contribution in [0, 0.1) is 6.92 Å². The van der Waals surface area contributed by atoms with Crippen molar-refractivity contribution in [1.29, 1.82) is 0 Å². The van der Waals surface area contributed by atoms with Crippen molar-refractivity contribution < 1.29 is 27.0 Å². The number of hydrogen-bond donors (Lipinski definition) is 0. The molecule has 0 radical (unpaired) electrons. The minimum atomic E-state index is -3.98. The smallest absolute Gasteiger partial charge is 0.236 e. The third-order valence-electron chi connectivity index (χ3n) is 5.33. The van der Waals surface area contributed by atoms with Crippen molar-refractivity contribution in [2.45, 2.75) is 16.8 Å². The number of benzene rings is 2. The molecule has 1 fully saturated rings. The third-order valence-corrected chi connectivity index (χ3v) is 6.98. The Bertz CT molecular complexity index is 1210. The predicted octanol–water partition coefficient (Wildman–Crippen LogP) is 3.09. The maximum atomic E-state index is 13.6. The fraction of sp³-hybridized carbons (Fsp3) is 0.318. The summed E-state index contributed by atoms with van der Waals surface area (Å²) in [4.78, 5) is 6.41. The molecule has 0 saturated carbocycles. The highest BCUT2D eigenvalue weighted by molar-refractivity contribution is 7.91. The maximum Gasteiger partial charge on any atom is 0.236 e. The van der Waals surface area contributed by atoms with Gasteiger partial charge in [0, 0.05) is 24.7 Å². The maximum absolute atomic E-state index is 13.6. The summed E-state index contributed by atoms with van der Waals surface area (Å²) in [6.45, 7) is 4.76. The fourth-order valence-electron chi connectivity index (χ4n) is 3.67. The van der Waals surface area contributed by atoms with Crippen molar-refractivity contribution >= 4 is 15.7 Å². The largest absolute Gasteiger partial charge is 0.486 e. The quantitative estimate of drug-likeness (QED) is 0.609. The zero-order valence-electron chi connectivity index (χ0n) is 17.0. The molecule has 162 valence electrons.